The third-order valence-electron chi connectivity index (χ3n) is 1.97. The Hall–Kier alpha value is -0.310. The summed E-state index contributed by atoms with van der Waals surface area (Å²) in [4.78, 5) is 22.1. The van der Waals surface area contributed by atoms with Crippen molar-refractivity contribution in [2.75, 3.05) is 5.75 Å². The van der Waals surface area contributed by atoms with Gasteiger partial charge in [-0.15, -0.1) is 11.8 Å². The molecule has 0 aliphatic heterocycles. The third kappa shape index (κ3) is 8.67. The fourth-order valence-electron chi connectivity index (χ4n) is 1.65. The zero-order valence-corrected chi connectivity index (χ0v) is 11.2. The topological polar surface area (TPSA) is 34.1 Å². The van der Waals surface area contributed by atoms with E-state index in [1.165, 1.54) is 6.92 Å². The molecule has 0 aromatic rings. The first-order chi connectivity index (χ1) is 6.73. The van der Waals surface area contributed by atoms with E-state index in [4.69, 9.17) is 0 Å². The van der Waals surface area contributed by atoms with Crippen LogP contribution in [0.1, 0.15) is 47.5 Å². The monoisotopic (exact) mass is 230 g/mol. The molecule has 0 amide bonds. The van der Waals surface area contributed by atoms with E-state index >= 15 is 0 Å². The number of carbonyl (C=O) groups excluding carboxylic acids is 2. The summed E-state index contributed by atoms with van der Waals surface area (Å²) >= 11 is 1.66. The Morgan fingerprint density at radius 2 is 1.80 bits per heavy atom. The SMILES string of the molecule is CC(=O)CC(=O)CSC(C)(C)CC(C)C. The Morgan fingerprint density at radius 1 is 1.27 bits per heavy atom. The minimum atomic E-state index is -0.0396. The van der Waals surface area contributed by atoms with E-state index in [1.54, 1.807) is 11.8 Å². The van der Waals surface area contributed by atoms with E-state index in [-0.39, 0.29) is 22.7 Å². The van der Waals surface area contributed by atoms with Crippen molar-refractivity contribution in [3.05, 3.63) is 0 Å². The lowest BCUT2D eigenvalue weighted by Crippen LogP contribution is -2.20. The summed E-state index contributed by atoms with van der Waals surface area (Å²) in [5.41, 5.74) is 0. The van der Waals surface area contributed by atoms with Crippen molar-refractivity contribution in [1.29, 1.82) is 0 Å². The summed E-state index contributed by atoms with van der Waals surface area (Å²) in [6.07, 6.45) is 1.18. The molecule has 0 atom stereocenters. The molecule has 0 saturated carbocycles. The van der Waals surface area contributed by atoms with Gasteiger partial charge in [-0.25, -0.2) is 0 Å². The minimum absolute atomic E-state index is 0.0396. The number of carbonyl (C=O) groups is 2. The lowest BCUT2D eigenvalue weighted by molar-refractivity contribution is -0.124. The first kappa shape index (κ1) is 14.7. The zero-order chi connectivity index (χ0) is 12.1. The third-order valence-corrected chi connectivity index (χ3v) is 3.38. The average Bonchev–Trinajstić information content (AvgIpc) is 1.97. The van der Waals surface area contributed by atoms with Crippen LogP contribution in [0.2, 0.25) is 0 Å². The predicted octanol–water partition coefficient (Wildman–Crippen LogP) is 3.09. The number of Topliss-reactive ketones (excluding diaryl/α,β-unsaturated/α-hetero) is 2. The normalized spacial score (nSPS) is 11.9. The van der Waals surface area contributed by atoms with Crippen LogP contribution in [0.5, 0.6) is 0 Å². The second-order valence-electron chi connectivity index (χ2n) is 5.06. The molecule has 0 radical (unpaired) electrons. The van der Waals surface area contributed by atoms with Crippen LogP contribution in [-0.4, -0.2) is 22.1 Å². The van der Waals surface area contributed by atoms with Gasteiger partial charge >= 0.3 is 0 Å². The van der Waals surface area contributed by atoms with E-state index in [0.717, 1.165) is 6.42 Å². The summed E-state index contributed by atoms with van der Waals surface area (Å²) < 4.78 is 0.126. The first-order valence-corrected chi connectivity index (χ1v) is 6.36. The Balaban J connectivity index is 3.92. The van der Waals surface area contributed by atoms with Crippen LogP contribution in [-0.2, 0) is 9.59 Å². The molecule has 0 aliphatic carbocycles. The Kier molecular flexibility index (Phi) is 6.18. The van der Waals surface area contributed by atoms with Crippen LogP contribution in [0.4, 0.5) is 0 Å². The molecule has 15 heavy (non-hydrogen) atoms. The highest BCUT2D eigenvalue weighted by Gasteiger charge is 2.21. The van der Waals surface area contributed by atoms with Crippen molar-refractivity contribution in [1.82, 2.24) is 0 Å². The largest absolute Gasteiger partial charge is 0.300 e. The standard InChI is InChI=1S/C12H22O2S/c1-9(2)7-12(4,5)15-8-11(14)6-10(3)13/h9H,6-8H2,1-5H3. The zero-order valence-electron chi connectivity index (χ0n) is 10.4. The van der Waals surface area contributed by atoms with E-state index in [9.17, 15) is 9.59 Å². The summed E-state index contributed by atoms with van der Waals surface area (Å²) in [6.45, 7) is 10.1. The van der Waals surface area contributed by atoms with Gasteiger partial charge in [-0.05, 0) is 19.3 Å². The Morgan fingerprint density at radius 3 is 2.20 bits per heavy atom. The molecule has 0 aromatic heterocycles. The molecular formula is C12H22O2S. The fourth-order valence-corrected chi connectivity index (χ4v) is 2.75. The van der Waals surface area contributed by atoms with Gasteiger partial charge in [0.1, 0.15) is 11.6 Å². The van der Waals surface area contributed by atoms with Crippen LogP contribution < -0.4 is 0 Å². The maximum absolute atomic E-state index is 11.3. The van der Waals surface area contributed by atoms with E-state index < -0.39 is 0 Å². The van der Waals surface area contributed by atoms with Crippen LogP contribution in [0.15, 0.2) is 0 Å². The molecule has 0 rings (SSSR count). The Labute approximate surface area is 97.2 Å². The summed E-state index contributed by atoms with van der Waals surface area (Å²) in [6, 6.07) is 0. The molecule has 0 N–H and O–H groups in total. The van der Waals surface area contributed by atoms with Gasteiger partial charge in [-0.1, -0.05) is 27.7 Å². The van der Waals surface area contributed by atoms with Crippen molar-refractivity contribution in [3.8, 4) is 0 Å². The molecule has 0 heterocycles. The maximum Gasteiger partial charge on any atom is 0.150 e. The summed E-state index contributed by atoms with van der Waals surface area (Å²) in [5, 5.41) is 0. The van der Waals surface area contributed by atoms with Crippen molar-refractivity contribution >= 4 is 23.3 Å². The number of hydrogen-bond donors (Lipinski definition) is 0. The van der Waals surface area contributed by atoms with Crippen LogP contribution in [0.25, 0.3) is 0 Å². The predicted molar refractivity (Wildman–Crippen MR) is 66.3 cm³/mol. The molecule has 0 spiro atoms. The number of hydrogen-bond acceptors (Lipinski definition) is 3. The lowest BCUT2D eigenvalue weighted by Gasteiger charge is -2.25. The van der Waals surface area contributed by atoms with Crippen LogP contribution in [0, 0.1) is 5.92 Å². The van der Waals surface area contributed by atoms with Crippen LogP contribution >= 0.6 is 11.8 Å². The van der Waals surface area contributed by atoms with Gasteiger partial charge in [0.25, 0.3) is 0 Å². The second-order valence-corrected chi connectivity index (χ2v) is 6.75. The van der Waals surface area contributed by atoms with Gasteiger partial charge in [0.2, 0.25) is 0 Å². The van der Waals surface area contributed by atoms with Crippen molar-refractivity contribution in [2.45, 2.75) is 52.2 Å². The van der Waals surface area contributed by atoms with Gasteiger partial charge in [-0.2, -0.15) is 0 Å². The smallest absolute Gasteiger partial charge is 0.150 e. The van der Waals surface area contributed by atoms with Gasteiger partial charge in [-0.3, -0.25) is 9.59 Å². The van der Waals surface area contributed by atoms with Gasteiger partial charge in [0, 0.05) is 4.75 Å². The fraction of sp³-hybridized carbons (Fsp3) is 0.833. The van der Waals surface area contributed by atoms with Gasteiger partial charge in [0.05, 0.1) is 12.2 Å². The average molecular weight is 230 g/mol. The quantitative estimate of drug-likeness (QED) is 0.630. The van der Waals surface area contributed by atoms with Gasteiger partial charge < -0.3 is 0 Å². The minimum Gasteiger partial charge on any atom is -0.300 e. The molecule has 0 aromatic carbocycles. The summed E-state index contributed by atoms with van der Waals surface area (Å²) in [7, 11) is 0. The number of rotatable bonds is 7. The maximum atomic E-state index is 11.3. The highest BCUT2D eigenvalue weighted by Crippen LogP contribution is 2.31. The number of thioether (sulfide) groups is 1. The van der Waals surface area contributed by atoms with E-state index in [0.29, 0.717) is 11.7 Å². The first-order valence-electron chi connectivity index (χ1n) is 5.38. The van der Waals surface area contributed by atoms with Crippen molar-refractivity contribution < 1.29 is 9.59 Å². The highest BCUT2D eigenvalue weighted by molar-refractivity contribution is 8.01. The summed E-state index contributed by atoms with van der Waals surface area (Å²) in [5.74, 6) is 1.10. The number of ketones is 2. The molecule has 3 heteroatoms. The highest BCUT2D eigenvalue weighted by atomic mass is 32.2. The van der Waals surface area contributed by atoms with Crippen LogP contribution in [0.3, 0.4) is 0 Å². The Bertz CT molecular complexity index is 232. The molecule has 0 fully saturated rings. The molecule has 88 valence electrons. The molecule has 0 aliphatic rings. The van der Waals surface area contributed by atoms with Crippen molar-refractivity contribution in [2.24, 2.45) is 5.92 Å². The van der Waals surface area contributed by atoms with Gasteiger partial charge in [0.15, 0.2) is 0 Å². The molecule has 2 nitrogen and oxygen atoms in total. The second kappa shape index (κ2) is 6.31. The van der Waals surface area contributed by atoms with Crippen molar-refractivity contribution in [3.63, 3.8) is 0 Å². The molecule has 0 unspecified atom stereocenters. The van der Waals surface area contributed by atoms with E-state index in [2.05, 4.69) is 27.7 Å². The molecule has 0 saturated heterocycles. The van der Waals surface area contributed by atoms with E-state index in [1.807, 2.05) is 0 Å². The molecule has 0 bridgehead atoms. The lowest BCUT2D eigenvalue weighted by atomic mass is 10.0. The molecular weight excluding hydrogens is 208 g/mol.